The molecule has 0 unspecified atom stereocenters. The molecule has 2 heterocycles. The largest absolute Gasteiger partial charge is 0.338 e. The number of rotatable bonds is 7. The molecular weight excluding hydrogens is 384 g/mol. The Labute approximate surface area is 174 Å². The van der Waals surface area contributed by atoms with E-state index in [4.69, 9.17) is 0 Å². The van der Waals surface area contributed by atoms with Crippen LogP contribution in [0.5, 0.6) is 0 Å². The highest BCUT2D eigenvalue weighted by Gasteiger charge is 2.18. The van der Waals surface area contributed by atoms with Crippen molar-refractivity contribution in [1.29, 1.82) is 0 Å². The summed E-state index contributed by atoms with van der Waals surface area (Å²) in [6.07, 6.45) is 1.66. The van der Waals surface area contributed by atoms with Gasteiger partial charge in [-0.2, -0.15) is 0 Å². The lowest BCUT2D eigenvalue weighted by Gasteiger charge is -2.21. The van der Waals surface area contributed by atoms with Crippen LogP contribution in [0, 0.1) is 6.92 Å². The molecule has 0 saturated heterocycles. The van der Waals surface area contributed by atoms with Crippen LogP contribution in [0.2, 0.25) is 0 Å². The van der Waals surface area contributed by atoms with Crippen molar-refractivity contribution < 1.29 is 4.79 Å². The fourth-order valence-electron chi connectivity index (χ4n) is 2.97. The molecule has 0 fully saturated rings. The third-order valence-corrected chi connectivity index (χ3v) is 5.32. The molecule has 0 aliphatic rings. The molecule has 0 saturated carbocycles. The Hall–Kier alpha value is -2.93. The van der Waals surface area contributed by atoms with Crippen LogP contribution in [0.3, 0.4) is 0 Å². The van der Waals surface area contributed by atoms with Crippen molar-refractivity contribution in [3.05, 3.63) is 70.7 Å². The zero-order valence-corrected chi connectivity index (χ0v) is 17.7. The highest BCUT2D eigenvalue weighted by atomic mass is 32.2. The summed E-state index contributed by atoms with van der Waals surface area (Å²) in [5.41, 5.74) is 2.32. The van der Waals surface area contributed by atoms with Gasteiger partial charge in [0.1, 0.15) is 5.82 Å². The van der Waals surface area contributed by atoms with Crippen molar-refractivity contribution in [3.8, 4) is 5.82 Å². The summed E-state index contributed by atoms with van der Waals surface area (Å²) in [6.45, 7) is 10.8. The zero-order chi connectivity index (χ0) is 21.0. The second-order valence-corrected chi connectivity index (χ2v) is 7.84. The molecule has 2 aromatic heterocycles. The van der Waals surface area contributed by atoms with Crippen LogP contribution in [0.25, 0.3) is 16.7 Å². The van der Waals surface area contributed by atoms with Crippen LogP contribution >= 0.6 is 11.8 Å². The van der Waals surface area contributed by atoms with Gasteiger partial charge in [0.2, 0.25) is 5.91 Å². The molecule has 0 aliphatic carbocycles. The predicted molar refractivity (Wildman–Crippen MR) is 118 cm³/mol. The molecule has 150 valence electrons. The molecule has 0 radical (unpaired) electrons. The number of aromatic nitrogens is 3. The zero-order valence-electron chi connectivity index (χ0n) is 16.9. The number of hydrogen-bond donors (Lipinski definition) is 0. The van der Waals surface area contributed by atoms with Gasteiger partial charge in [-0.1, -0.05) is 36.0 Å². The molecule has 6 nitrogen and oxygen atoms in total. The number of carbonyl (C=O) groups excluding carboxylic acids is 1. The average Bonchev–Trinajstić information content (AvgIpc) is 2.70. The predicted octanol–water partition coefficient (Wildman–Crippen LogP) is 3.61. The van der Waals surface area contributed by atoms with E-state index in [1.807, 2.05) is 45.0 Å². The van der Waals surface area contributed by atoms with Crippen LogP contribution in [0.15, 0.2) is 64.7 Å². The van der Waals surface area contributed by atoms with Crippen molar-refractivity contribution in [3.63, 3.8) is 0 Å². The first-order valence-corrected chi connectivity index (χ1v) is 10.4. The third kappa shape index (κ3) is 4.74. The van der Waals surface area contributed by atoms with Crippen LogP contribution in [0.4, 0.5) is 0 Å². The number of fused-ring (bicyclic) bond motifs is 1. The summed E-state index contributed by atoms with van der Waals surface area (Å²) in [5.74, 6) is 0.654. The molecule has 0 spiro atoms. The molecular formula is C22H24N4O2S. The second kappa shape index (κ2) is 9.05. The van der Waals surface area contributed by atoms with E-state index in [1.165, 1.54) is 16.3 Å². The molecule has 1 amide bonds. The first-order chi connectivity index (χ1) is 13.9. The van der Waals surface area contributed by atoms with Gasteiger partial charge in [0.15, 0.2) is 5.16 Å². The molecule has 3 rings (SSSR count). The quantitative estimate of drug-likeness (QED) is 0.339. The Balaban J connectivity index is 2.02. The second-order valence-electron chi connectivity index (χ2n) is 6.90. The smallest absolute Gasteiger partial charge is 0.267 e. The fraction of sp³-hybridized carbons (Fsp3) is 0.273. The van der Waals surface area contributed by atoms with Gasteiger partial charge in [-0.05, 0) is 50.6 Å². The van der Waals surface area contributed by atoms with Crippen molar-refractivity contribution in [2.24, 2.45) is 0 Å². The minimum Gasteiger partial charge on any atom is -0.338 e. The van der Waals surface area contributed by atoms with Gasteiger partial charge in [-0.25, -0.2) is 14.5 Å². The Morgan fingerprint density at radius 3 is 2.72 bits per heavy atom. The molecule has 1 aromatic carbocycles. The fourth-order valence-corrected chi connectivity index (χ4v) is 3.88. The maximum Gasteiger partial charge on any atom is 0.267 e. The Kier molecular flexibility index (Phi) is 6.49. The van der Waals surface area contributed by atoms with Gasteiger partial charge >= 0.3 is 0 Å². The Morgan fingerprint density at radius 1 is 1.28 bits per heavy atom. The van der Waals surface area contributed by atoms with Crippen LogP contribution in [-0.2, 0) is 4.79 Å². The lowest BCUT2D eigenvalue weighted by atomic mass is 10.2. The standard InChI is InChI=1S/C22H24N4O2S/c1-5-25(13-15(2)3)20(27)14-29-22-24-18-9-7-6-8-17(18)21(28)26(22)19-12-16(4)10-11-23-19/h6-12H,2,5,13-14H2,1,3-4H3. The van der Waals surface area contributed by atoms with Crippen molar-refractivity contribution >= 4 is 28.6 Å². The number of pyridine rings is 1. The molecule has 0 aliphatic heterocycles. The number of thioether (sulfide) groups is 1. The topological polar surface area (TPSA) is 68.1 Å². The monoisotopic (exact) mass is 408 g/mol. The highest BCUT2D eigenvalue weighted by molar-refractivity contribution is 7.99. The van der Waals surface area contributed by atoms with Gasteiger partial charge in [-0.3, -0.25) is 9.59 Å². The van der Waals surface area contributed by atoms with Gasteiger partial charge in [-0.15, -0.1) is 0 Å². The van der Waals surface area contributed by atoms with Crippen molar-refractivity contribution in [2.75, 3.05) is 18.8 Å². The van der Waals surface area contributed by atoms with Gasteiger partial charge < -0.3 is 4.90 Å². The summed E-state index contributed by atoms with van der Waals surface area (Å²) in [7, 11) is 0. The van der Waals surface area contributed by atoms with Crippen LogP contribution in [-0.4, -0.2) is 44.2 Å². The van der Waals surface area contributed by atoms with Crippen LogP contribution in [0.1, 0.15) is 19.4 Å². The first kappa shape index (κ1) is 20.8. The summed E-state index contributed by atoms with van der Waals surface area (Å²) >= 11 is 1.25. The summed E-state index contributed by atoms with van der Waals surface area (Å²) in [5, 5.41) is 0.968. The van der Waals surface area contributed by atoms with E-state index in [0.717, 1.165) is 11.1 Å². The highest BCUT2D eigenvalue weighted by Crippen LogP contribution is 2.21. The number of carbonyl (C=O) groups is 1. The number of nitrogens with zero attached hydrogens (tertiary/aromatic N) is 4. The number of benzene rings is 1. The lowest BCUT2D eigenvalue weighted by Crippen LogP contribution is -2.33. The lowest BCUT2D eigenvalue weighted by molar-refractivity contribution is -0.127. The molecule has 29 heavy (non-hydrogen) atoms. The number of amides is 1. The number of hydrogen-bond acceptors (Lipinski definition) is 5. The third-order valence-electron chi connectivity index (χ3n) is 4.39. The normalized spacial score (nSPS) is 10.9. The van der Waals surface area contributed by atoms with Gasteiger partial charge in [0, 0.05) is 19.3 Å². The van der Waals surface area contributed by atoms with Gasteiger partial charge in [0.25, 0.3) is 5.56 Å². The average molecular weight is 409 g/mol. The van der Waals surface area contributed by atoms with E-state index in [0.29, 0.717) is 35.0 Å². The molecule has 7 heteroatoms. The van der Waals surface area contributed by atoms with E-state index >= 15 is 0 Å². The SMILES string of the molecule is C=C(C)CN(CC)C(=O)CSc1nc2ccccc2c(=O)n1-c1cc(C)ccn1. The van der Waals surface area contributed by atoms with Gasteiger partial charge in [0.05, 0.1) is 16.7 Å². The van der Waals surface area contributed by atoms with E-state index in [9.17, 15) is 9.59 Å². The molecule has 3 aromatic rings. The summed E-state index contributed by atoms with van der Waals surface area (Å²) < 4.78 is 1.49. The maximum absolute atomic E-state index is 13.2. The van der Waals surface area contributed by atoms with Crippen LogP contribution < -0.4 is 5.56 Å². The minimum atomic E-state index is -0.196. The number of para-hydroxylation sites is 1. The van der Waals surface area contributed by atoms with Crippen molar-refractivity contribution in [1.82, 2.24) is 19.4 Å². The Morgan fingerprint density at radius 2 is 2.03 bits per heavy atom. The molecule has 0 atom stereocenters. The van der Waals surface area contributed by atoms with E-state index in [2.05, 4.69) is 16.5 Å². The van der Waals surface area contributed by atoms with E-state index in [-0.39, 0.29) is 17.2 Å². The van der Waals surface area contributed by atoms with Crippen molar-refractivity contribution in [2.45, 2.75) is 25.9 Å². The van der Waals surface area contributed by atoms with E-state index in [1.54, 1.807) is 23.2 Å². The number of aryl methyl sites for hydroxylation is 1. The first-order valence-electron chi connectivity index (χ1n) is 9.40. The maximum atomic E-state index is 13.2. The Bertz CT molecular complexity index is 1120. The molecule has 0 bridgehead atoms. The number of likely N-dealkylation sites (N-methyl/N-ethyl adjacent to an activating group) is 1. The molecule has 0 N–H and O–H groups in total. The summed E-state index contributed by atoms with van der Waals surface area (Å²) in [6, 6.07) is 10.9. The summed E-state index contributed by atoms with van der Waals surface area (Å²) in [4.78, 5) is 36.6. The minimum absolute atomic E-state index is 0.0216. The van der Waals surface area contributed by atoms with E-state index < -0.39 is 0 Å².